The third-order valence-corrected chi connectivity index (χ3v) is 4.96. The average Bonchev–Trinajstić information content (AvgIpc) is 3.44. The fourth-order valence-electron chi connectivity index (χ4n) is 2.70. The lowest BCUT2D eigenvalue weighted by molar-refractivity contribution is 0.302. The zero-order chi connectivity index (χ0) is 19.3. The number of ether oxygens (including phenoxy) is 3. The molecule has 142 valence electrons. The Bertz CT molecular complexity index is 1050. The molecular formula is C20H17N3O4S. The first-order valence-corrected chi connectivity index (χ1v) is 9.31. The van der Waals surface area contributed by atoms with Crippen LogP contribution in [0.4, 0.5) is 0 Å². The Balaban J connectivity index is 1.46. The number of benzene rings is 2. The molecule has 0 radical (unpaired) electrons. The predicted molar refractivity (Wildman–Crippen MR) is 105 cm³/mol. The fourth-order valence-corrected chi connectivity index (χ4v) is 3.53. The van der Waals surface area contributed by atoms with E-state index in [4.69, 9.17) is 18.6 Å². The van der Waals surface area contributed by atoms with Gasteiger partial charge in [-0.1, -0.05) is 6.07 Å². The highest BCUT2D eigenvalue weighted by molar-refractivity contribution is 7.13. The van der Waals surface area contributed by atoms with Crippen LogP contribution in [0.5, 0.6) is 17.2 Å². The van der Waals surface area contributed by atoms with Crippen molar-refractivity contribution in [3.63, 3.8) is 0 Å². The number of aromatic nitrogens is 3. The molecule has 8 heteroatoms. The van der Waals surface area contributed by atoms with E-state index in [-0.39, 0.29) is 0 Å². The molecule has 2 aromatic heterocycles. The van der Waals surface area contributed by atoms with E-state index in [1.54, 1.807) is 14.2 Å². The molecule has 7 nitrogen and oxygen atoms in total. The molecule has 0 aliphatic rings. The summed E-state index contributed by atoms with van der Waals surface area (Å²) in [6, 6.07) is 13.2. The lowest BCUT2D eigenvalue weighted by atomic mass is 10.2. The number of hydrogen-bond acceptors (Lipinski definition) is 8. The Kier molecular flexibility index (Phi) is 5.20. The first-order valence-electron chi connectivity index (χ1n) is 8.43. The monoisotopic (exact) mass is 395 g/mol. The number of methoxy groups -OCH3 is 2. The van der Waals surface area contributed by atoms with Gasteiger partial charge >= 0.3 is 0 Å². The van der Waals surface area contributed by atoms with Gasteiger partial charge in [-0.25, -0.2) is 4.98 Å². The third-order valence-electron chi connectivity index (χ3n) is 4.03. The molecular weight excluding hydrogens is 378 g/mol. The van der Waals surface area contributed by atoms with Crippen molar-refractivity contribution in [2.45, 2.75) is 6.61 Å². The van der Waals surface area contributed by atoms with Gasteiger partial charge in [0.2, 0.25) is 12.3 Å². The van der Waals surface area contributed by atoms with Gasteiger partial charge in [0.05, 0.1) is 25.5 Å². The van der Waals surface area contributed by atoms with Gasteiger partial charge in [-0.2, -0.15) is 0 Å². The molecule has 2 aromatic carbocycles. The molecule has 0 fully saturated rings. The third kappa shape index (κ3) is 3.67. The van der Waals surface area contributed by atoms with Gasteiger partial charge in [-0.05, 0) is 36.4 Å². The summed E-state index contributed by atoms with van der Waals surface area (Å²) in [6.07, 6.45) is 1.30. The fraction of sp³-hybridized carbons (Fsp3) is 0.150. The number of nitrogens with zero attached hydrogens (tertiary/aromatic N) is 3. The van der Waals surface area contributed by atoms with Crippen molar-refractivity contribution in [1.82, 2.24) is 15.2 Å². The number of thiazole rings is 1. The van der Waals surface area contributed by atoms with Gasteiger partial charge in [0.1, 0.15) is 17.4 Å². The summed E-state index contributed by atoms with van der Waals surface area (Å²) in [5, 5.41) is 10.4. The maximum atomic E-state index is 5.84. The molecule has 2 heterocycles. The SMILES string of the molecule is COc1cccc(-c2nc(COc3ccc(-c4nnco4)cc3)cs2)c1OC. The topological polar surface area (TPSA) is 79.5 Å². The summed E-state index contributed by atoms with van der Waals surface area (Å²) in [6.45, 7) is 0.364. The summed E-state index contributed by atoms with van der Waals surface area (Å²) >= 11 is 1.53. The van der Waals surface area contributed by atoms with Crippen molar-refractivity contribution in [2.24, 2.45) is 0 Å². The quantitative estimate of drug-likeness (QED) is 0.457. The average molecular weight is 395 g/mol. The lowest BCUT2D eigenvalue weighted by Gasteiger charge is -2.10. The van der Waals surface area contributed by atoms with Crippen LogP contribution in [0.3, 0.4) is 0 Å². The second-order valence-electron chi connectivity index (χ2n) is 5.74. The van der Waals surface area contributed by atoms with Gasteiger partial charge < -0.3 is 18.6 Å². The van der Waals surface area contributed by atoms with Crippen LogP contribution in [-0.2, 0) is 6.61 Å². The Morgan fingerprint density at radius 3 is 2.61 bits per heavy atom. The minimum absolute atomic E-state index is 0.364. The van der Waals surface area contributed by atoms with Crippen molar-refractivity contribution >= 4 is 11.3 Å². The van der Waals surface area contributed by atoms with E-state index in [0.29, 0.717) is 24.0 Å². The van der Waals surface area contributed by atoms with Crippen molar-refractivity contribution in [2.75, 3.05) is 14.2 Å². The van der Waals surface area contributed by atoms with Crippen LogP contribution in [0, 0.1) is 0 Å². The minimum Gasteiger partial charge on any atom is -0.493 e. The van der Waals surface area contributed by atoms with Crippen LogP contribution in [0.2, 0.25) is 0 Å². The molecule has 0 amide bonds. The van der Waals surface area contributed by atoms with Crippen molar-refractivity contribution < 1.29 is 18.6 Å². The van der Waals surface area contributed by atoms with E-state index in [2.05, 4.69) is 15.2 Å². The summed E-state index contributed by atoms with van der Waals surface area (Å²) in [7, 11) is 3.24. The lowest BCUT2D eigenvalue weighted by Crippen LogP contribution is -1.96. The van der Waals surface area contributed by atoms with Gasteiger partial charge in [0.25, 0.3) is 0 Å². The first-order chi connectivity index (χ1) is 13.8. The van der Waals surface area contributed by atoms with E-state index in [0.717, 1.165) is 27.6 Å². The predicted octanol–water partition coefficient (Wildman–Crippen LogP) is 4.46. The second-order valence-corrected chi connectivity index (χ2v) is 6.60. The van der Waals surface area contributed by atoms with Gasteiger partial charge in [0.15, 0.2) is 11.5 Å². The highest BCUT2D eigenvalue weighted by Crippen LogP contribution is 2.39. The van der Waals surface area contributed by atoms with E-state index in [1.165, 1.54) is 17.7 Å². The number of hydrogen-bond donors (Lipinski definition) is 0. The maximum Gasteiger partial charge on any atom is 0.247 e. The van der Waals surface area contributed by atoms with Crippen molar-refractivity contribution in [3.8, 4) is 39.3 Å². The van der Waals surface area contributed by atoms with Gasteiger partial charge in [-0.15, -0.1) is 21.5 Å². The number of rotatable bonds is 7. The zero-order valence-electron chi connectivity index (χ0n) is 15.3. The van der Waals surface area contributed by atoms with Gasteiger partial charge in [0, 0.05) is 10.9 Å². The zero-order valence-corrected chi connectivity index (χ0v) is 16.1. The minimum atomic E-state index is 0.364. The number of para-hydroxylation sites is 1. The van der Waals surface area contributed by atoms with E-state index in [9.17, 15) is 0 Å². The summed E-state index contributed by atoms with van der Waals surface area (Å²) in [4.78, 5) is 4.66. The molecule has 28 heavy (non-hydrogen) atoms. The van der Waals surface area contributed by atoms with Crippen LogP contribution in [0.15, 0.2) is 58.7 Å². The molecule has 0 spiro atoms. The highest BCUT2D eigenvalue weighted by atomic mass is 32.1. The normalized spacial score (nSPS) is 10.6. The highest BCUT2D eigenvalue weighted by Gasteiger charge is 2.14. The van der Waals surface area contributed by atoms with Crippen molar-refractivity contribution in [3.05, 3.63) is 59.9 Å². The Morgan fingerprint density at radius 2 is 1.89 bits per heavy atom. The molecule has 0 unspecified atom stereocenters. The molecule has 0 bridgehead atoms. The van der Waals surface area contributed by atoms with Crippen LogP contribution in [0.1, 0.15) is 5.69 Å². The standard InChI is InChI=1S/C20H17N3O4S/c1-24-17-5-3-4-16(18(17)25-2)20-22-14(11-28-20)10-26-15-8-6-13(7-9-15)19-23-21-12-27-19/h3-9,11-12H,10H2,1-2H3. The molecule has 0 aliphatic heterocycles. The molecule has 0 saturated carbocycles. The van der Waals surface area contributed by atoms with E-state index < -0.39 is 0 Å². The van der Waals surface area contributed by atoms with Crippen LogP contribution in [0.25, 0.3) is 22.0 Å². The molecule has 0 N–H and O–H groups in total. The van der Waals surface area contributed by atoms with E-state index in [1.807, 2.05) is 47.8 Å². The largest absolute Gasteiger partial charge is 0.493 e. The molecule has 0 atom stereocenters. The molecule has 4 rings (SSSR count). The van der Waals surface area contributed by atoms with Crippen LogP contribution >= 0.6 is 11.3 Å². The van der Waals surface area contributed by atoms with Crippen LogP contribution in [-0.4, -0.2) is 29.4 Å². The van der Waals surface area contributed by atoms with Crippen molar-refractivity contribution in [1.29, 1.82) is 0 Å². The Hall–Kier alpha value is -3.39. The maximum absolute atomic E-state index is 5.84. The second kappa shape index (κ2) is 8.10. The summed E-state index contributed by atoms with van der Waals surface area (Å²) in [5.41, 5.74) is 2.57. The van der Waals surface area contributed by atoms with E-state index >= 15 is 0 Å². The molecule has 0 aliphatic carbocycles. The molecule has 0 saturated heterocycles. The first kappa shape index (κ1) is 18.0. The Morgan fingerprint density at radius 1 is 1.04 bits per heavy atom. The Labute approximate surface area is 165 Å². The van der Waals surface area contributed by atoms with Crippen LogP contribution < -0.4 is 14.2 Å². The van der Waals surface area contributed by atoms with Gasteiger partial charge in [-0.3, -0.25) is 0 Å². The smallest absolute Gasteiger partial charge is 0.247 e. The summed E-state index contributed by atoms with van der Waals surface area (Å²) in [5.74, 6) is 2.55. The molecule has 4 aromatic rings. The summed E-state index contributed by atoms with van der Waals surface area (Å²) < 4.78 is 21.9.